The molecule has 1 fully saturated rings. The third-order valence-corrected chi connectivity index (χ3v) is 4.18. The van der Waals surface area contributed by atoms with Crippen LogP contribution in [0.5, 0.6) is 5.75 Å². The summed E-state index contributed by atoms with van der Waals surface area (Å²) in [6.07, 6.45) is 3.29. The SMILES string of the molecule is Cc1cc([C@@H]2CCCN2CCCOc2ccc(C#N)cc2)on1. The maximum absolute atomic E-state index is 8.78. The van der Waals surface area contributed by atoms with Crippen molar-refractivity contribution in [3.05, 3.63) is 47.3 Å². The molecule has 23 heavy (non-hydrogen) atoms. The number of benzene rings is 1. The lowest BCUT2D eigenvalue weighted by Gasteiger charge is -2.22. The van der Waals surface area contributed by atoms with Gasteiger partial charge in [-0.25, -0.2) is 0 Å². The molecule has 0 radical (unpaired) electrons. The largest absolute Gasteiger partial charge is 0.494 e. The normalized spacial score (nSPS) is 18.0. The number of nitrogens with zero attached hydrogens (tertiary/aromatic N) is 3. The van der Waals surface area contributed by atoms with Crippen molar-refractivity contribution in [1.29, 1.82) is 5.26 Å². The standard InChI is InChI=1S/C18H21N3O2/c1-14-12-18(23-20-14)17-4-2-9-21(17)10-3-11-22-16-7-5-15(13-19)6-8-16/h5-8,12,17H,2-4,9-11H2,1H3/t17-/m0/s1. The molecule has 2 aromatic rings. The highest BCUT2D eigenvalue weighted by Gasteiger charge is 2.28. The molecule has 0 amide bonds. The van der Waals surface area contributed by atoms with E-state index in [1.54, 1.807) is 12.1 Å². The first kappa shape index (κ1) is 15.6. The number of aromatic nitrogens is 1. The number of aryl methyl sites for hydroxylation is 1. The molecular formula is C18H21N3O2. The van der Waals surface area contributed by atoms with Crippen LogP contribution in [0.15, 0.2) is 34.9 Å². The Balaban J connectivity index is 1.45. The Morgan fingerprint density at radius 1 is 1.39 bits per heavy atom. The molecule has 0 spiro atoms. The van der Waals surface area contributed by atoms with E-state index in [-0.39, 0.29) is 0 Å². The van der Waals surface area contributed by atoms with Crippen LogP contribution in [-0.4, -0.2) is 29.8 Å². The highest BCUT2D eigenvalue weighted by molar-refractivity contribution is 5.34. The molecule has 0 bridgehead atoms. The average Bonchev–Trinajstić information content (AvgIpc) is 3.20. The summed E-state index contributed by atoms with van der Waals surface area (Å²) >= 11 is 0. The lowest BCUT2D eigenvalue weighted by molar-refractivity contribution is 0.195. The number of hydrogen-bond donors (Lipinski definition) is 0. The number of rotatable bonds is 6. The molecule has 0 saturated carbocycles. The van der Waals surface area contributed by atoms with Crippen molar-refractivity contribution < 1.29 is 9.26 Å². The number of hydrogen-bond acceptors (Lipinski definition) is 5. The van der Waals surface area contributed by atoms with Crippen molar-refractivity contribution >= 4 is 0 Å². The van der Waals surface area contributed by atoms with Crippen LogP contribution in [-0.2, 0) is 0 Å². The van der Waals surface area contributed by atoms with Crippen LogP contribution in [0.3, 0.4) is 0 Å². The van der Waals surface area contributed by atoms with E-state index in [4.69, 9.17) is 14.5 Å². The van der Waals surface area contributed by atoms with Crippen LogP contribution in [0.2, 0.25) is 0 Å². The van der Waals surface area contributed by atoms with Gasteiger partial charge in [0.2, 0.25) is 0 Å². The van der Waals surface area contributed by atoms with Gasteiger partial charge in [0, 0.05) is 12.6 Å². The summed E-state index contributed by atoms with van der Waals surface area (Å²) in [4.78, 5) is 2.45. The van der Waals surface area contributed by atoms with Crippen molar-refractivity contribution in [2.24, 2.45) is 0 Å². The molecule has 1 aromatic heterocycles. The second-order valence-electron chi connectivity index (χ2n) is 5.90. The van der Waals surface area contributed by atoms with Crippen molar-refractivity contribution in [3.63, 3.8) is 0 Å². The Hall–Kier alpha value is -2.32. The van der Waals surface area contributed by atoms with E-state index >= 15 is 0 Å². The van der Waals surface area contributed by atoms with Gasteiger partial charge in [-0.05, 0) is 57.0 Å². The van der Waals surface area contributed by atoms with Crippen molar-refractivity contribution in [1.82, 2.24) is 10.1 Å². The van der Waals surface area contributed by atoms with Gasteiger partial charge in [-0.15, -0.1) is 0 Å². The molecule has 1 aromatic carbocycles. The molecule has 1 atom stereocenters. The second kappa shape index (κ2) is 7.30. The van der Waals surface area contributed by atoms with Gasteiger partial charge in [-0.2, -0.15) is 5.26 Å². The molecule has 5 heteroatoms. The van der Waals surface area contributed by atoms with Gasteiger partial charge < -0.3 is 9.26 Å². The smallest absolute Gasteiger partial charge is 0.154 e. The average molecular weight is 311 g/mol. The summed E-state index contributed by atoms with van der Waals surface area (Å²) in [5.41, 5.74) is 1.59. The quantitative estimate of drug-likeness (QED) is 0.764. The van der Waals surface area contributed by atoms with Gasteiger partial charge >= 0.3 is 0 Å². The minimum absolute atomic E-state index is 0.353. The molecule has 1 aliphatic rings. The molecule has 3 rings (SSSR count). The van der Waals surface area contributed by atoms with Crippen LogP contribution in [0.25, 0.3) is 0 Å². The first-order chi connectivity index (χ1) is 11.3. The summed E-state index contributed by atoms with van der Waals surface area (Å²) in [6.45, 7) is 4.71. The highest BCUT2D eigenvalue weighted by atomic mass is 16.5. The summed E-state index contributed by atoms with van der Waals surface area (Å²) in [5.74, 6) is 1.79. The monoisotopic (exact) mass is 311 g/mol. The fourth-order valence-corrected chi connectivity index (χ4v) is 3.04. The fraction of sp³-hybridized carbons (Fsp3) is 0.444. The van der Waals surface area contributed by atoms with Crippen LogP contribution in [0.4, 0.5) is 0 Å². The van der Waals surface area contributed by atoms with Crippen LogP contribution in [0, 0.1) is 18.3 Å². The van der Waals surface area contributed by atoms with Crippen LogP contribution >= 0.6 is 0 Å². The molecule has 1 aliphatic heterocycles. The van der Waals surface area contributed by atoms with E-state index in [0.717, 1.165) is 43.1 Å². The predicted octanol–water partition coefficient (Wildman–Crippen LogP) is 3.46. The zero-order valence-corrected chi connectivity index (χ0v) is 13.4. The van der Waals surface area contributed by atoms with Crippen molar-refractivity contribution in [2.75, 3.05) is 19.7 Å². The van der Waals surface area contributed by atoms with Crippen molar-refractivity contribution in [2.45, 2.75) is 32.2 Å². The third-order valence-electron chi connectivity index (χ3n) is 4.18. The topological polar surface area (TPSA) is 62.3 Å². The molecule has 0 unspecified atom stereocenters. The van der Waals surface area contributed by atoms with E-state index < -0.39 is 0 Å². The van der Waals surface area contributed by atoms with Crippen LogP contribution < -0.4 is 4.74 Å². The Kier molecular flexibility index (Phi) is 4.94. The first-order valence-electron chi connectivity index (χ1n) is 8.06. The Bertz CT molecular complexity index is 672. The molecular weight excluding hydrogens is 290 g/mol. The van der Waals surface area contributed by atoms with E-state index in [1.807, 2.05) is 25.1 Å². The molecule has 2 heterocycles. The predicted molar refractivity (Wildman–Crippen MR) is 86.1 cm³/mol. The van der Waals surface area contributed by atoms with E-state index in [9.17, 15) is 0 Å². The Morgan fingerprint density at radius 3 is 2.91 bits per heavy atom. The van der Waals surface area contributed by atoms with E-state index in [0.29, 0.717) is 18.2 Å². The van der Waals surface area contributed by atoms with Crippen molar-refractivity contribution in [3.8, 4) is 11.8 Å². The van der Waals surface area contributed by atoms with Gasteiger partial charge in [0.25, 0.3) is 0 Å². The molecule has 120 valence electrons. The molecule has 0 N–H and O–H groups in total. The van der Waals surface area contributed by atoms with E-state index in [1.165, 1.54) is 6.42 Å². The Morgan fingerprint density at radius 2 is 2.22 bits per heavy atom. The third kappa shape index (κ3) is 3.91. The minimum atomic E-state index is 0.353. The molecule has 0 aliphatic carbocycles. The molecule has 5 nitrogen and oxygen atoms in total. The lowest BCUT2D eigenvalue weighted by atomic mass is 10.1. The maximum atomic E-state index is 8.78. The lowest BCUT2D eigenvalue weighted by Crippen LogP contribution is -2.25. The van der Waals surface area contributed by atoms with Gasteiger partial charge in [0.15, 0.2) is 5.76 Å². The highest BCUT2D eigenvalue weighted by Crippen LogP contribution is 2.32. The number of nitriles is 1. The number of ether oxygens (including phenoxy) is 1. The zero-order valence-electron chi connectivity index (χ0n) is 13.4. The molecule has 1 saturated heterocycles. The fourth-order valence-electron chi connectivity index (χ4n) is 3.04. The van der Waals surface area contributed by atoms with Gasteiger partial charge in [0.1, 0.15) is 5.75 Å². The number of likely N-dealkylation sites (tertiary alicyclic amines) is 1. The second-order valence-corrected chi connectivity index (χ2v) is 5.90. The maximum Gasteiger partial charge on any atom is 0.154 e. The van der Waals surface area contributed by atoms with Crippen LogP contribution in [0.1, 0.15) is 42.3 Å². The Labute approximate surface area is 136 Å². The summed E-state index contributed by atoms with van der Waals surface area (Å²) in [5, 5.41) is 12.8. The first-order valence-corrected chi connectivity index (χ1v) is 8.06. The minimum Gasteiger partial charge on any atom is -0.494 e. The zero-order chi connectivity index (χ0) is 16.1. The summed E-state index contributed by atoms with van der Waals surface area (Å²) in [7, 11) is 0. The van der Waals surface area contributed by atoms with Gasteiger partial charge in [0.05, 0.1) is 30.0 Å². The van der Waals surface area contributed by atoms with Gasteiger partial charge in [-0.3, -0.25) is 4.90 Å². The summed E-state index contributed by atoms with van der Waals surface area (Å²) in [6, 6.07) is 11.7. The van der Waals surface area contributed by atoms with E-state index in [2.05, 4.69) is 16.1 Å². The summed E-state index contributed by atoms with van der Waals surface area (Å²) < 4.78 is 11.2. The van der Waals surface area contributed by atoms with Gasteiger partial charge in [-0.1, -0.05) is 5.16 Å².